The fourth-order valence-electron chi connectivity index (χ4n) is 2.72. The van der Waals surface area contributed by atoms with Gasteiger partial charge in [-0.05, 0) is 44.0 Å². The molecule has 28 heavy (non-hydrogen) atoms. The lowest BCUT2D eigenvalue weighted by Gasteiger charge is -2.15. The van der Waals surface area contributed by atoms with Crippen molar-refractivity contribution in [2.45, 2.75) is 32.4 Å². The highest BCUT2D eigenvalue weighted by Crippen LogP contribution is 2.28. The number of nitrogens with one attached hydrogen (secondary N) is 1. The average molecular weight is 411 g/mol. The molecule has 0 bridgehead atoms. The Kier molecular flexibility index (Phi) is 7.45. The van der Waals surface area contributed by atoms with Crippen molar-refractivity contribution >= 4 is 27.8 Å². The summed E-state index contributed by atoms with van der Waals surface area (Å²) >= 11 is 0. The van der Waals surface area contributed by atoms with E-state index in [9.17, 15) is 18.0 Å². The molecule has 1 saturated heterocycles. The van der Waals surface area contributed by atoms with Crippen LogP contribution in [0.4, 0.5) is 0 Å². The number of carbonyl (C=O) groups is 2. The number of sulfone groups is 1. The van der Waals surface area contributed by atoms with Gasteiger partial charge >= 0.3 is 5.97 Å². The summed E-state index contributed by atoms with van der Waals surface area (Å²) in [7, 11) is -1.57. The van der Waals surface area contributed by atoms with Gasteiger partial charge in [0, 0.05) is 12.1 Å². The summed E-state index contributed by atoms with van der Waals surface area (Å²) < 4.78 is 38.6. The molecule has 1 aliphatic heterocycles. The predicted octanol–water partition coefficient (Wildman–Crippen LogP) is 1.34. The fourth-order valence-corrected chi connectivity index (χ4v) is 4.39. The van der Waals surface area contributed by atoms with Crippen LogP contribution in [0.1, 0.15) is 25.8 Å². The largest absolute Gasteiger partial charge is 0.493 e. The van der Waals surface area contributed by atoms with Gasteiger partial charge in [-0.3, -0.25) is 4.79 Å². The number of ether oxygens (including phenoxy) is 3. The maximum atomic E-state index is 12.1. The third-order valence-corrected chi connectivity index (χ3v) is 5.91. The second kappa shape index (κ2) is 9.59. The summed E-state index contributed by atoms with van der Waals surface area (Å²) in [5.41, 5.74) is 0.700. The van der Waals surface area contributed by atoms with Crippen LogP contribution in [0, 0.1) is 0 Å². The van der Waals surface area contributed by atoms with E-state index in [1.807, 2.05) is 6.92 Å². The molecule has 0 spiro atoms. The Labute approximate surface area is 164 Å². The van der Waals surface area contributed by atoms with Crippen LogP contribution in [-0.2, 0) is 24.2 Å². The number of methoxy groups -OCH3 is 1. The minimum atomic E-state index is -3.09. The number of hydrogen-bond donors (Lipinski definition) is 1. The molecule has 0 radical (unpaired) electrons. The summed E-state index contributed by atoms with van der Waals surface area (Å²) in [5, 5.41) is 2.60. The summed E-state index contributed by atoms with van der Waals surface area (Å²) in [6.07, 6.45) is 2.08. The van der Waals surface area contributed by atoms with E-state index in [0.717, 1.165) is 0 Å². The van der Waals surface area contributed by atoms with Crippen molar-refractivity contribution in [1.29, 1.82) is 0 Å². The highest BCUT2D eigenvalue weighted by atomic mass is 32.2. The minimum absolute atomic E-state index is 0.0560. The van der Waals surface area contributed by atoms with Gasteiger partial charge in [-0.15, -0.1) is 0 Å². The zero-order chi connectivity index (χ0) is 20.7. The lowest BCUT2D eigenvalue weighted by Crippen LogP contribution is -2.42. The van der Waals surface area contributed by atoms with E-state index in [4.69, 9.17) is 14.2 Å². The van der Waals surface area contributed by atoms with Gasteiger partial charge in [0.25, 0.3) is 5.91 Å². The SMILES string of the molecule is CCOc1ccc(/C=C/C(=O)O[C@H](C)C(=O)N[C@H]2CCS(=O)(=O)C2)cc1OC. The van der Waals surface area contributed by atoms with Gasteiger partial charge in [-0.25, -0.2) is 13.2 Å². The van der Waals surface area contributed by atoms with Gasteiger partial charge in [-0.1, -0.05) is 6.07 Å². The van der Waals surface area contributed by atoms with Gasteiger partial charge in [-0.2, -0.15) is 0 Å². The topological polar surface area (TPSA) is 108 Å². The molecular formula is C19H25NO7S. The molecule has 1 amide bonds. The number of rotatable bonds is 8. The number of carbonyl (C=O) groups excluding carboxylic acids is 2. The molecule has 1 aromatic carbocycles. The molecule has 0 aromatic heterocycles. The van der Waals surface area contributed by atoms with Crippen molar-refractivity contribution in [1.82, 2.24) is 5.32 Å². The molecule has 1 aliphatic rings. The van der Waals surface area contributed by atoms with Gasteiger partial charge in [0.15, 0.2) is 27.4 Å². The normalized spacial score (nSPS) is 19.2. The van der Waals surface area contributed by atoms with Crippen molar-refractivity contribution < 1.29 is 32.2 Å². The quantitative estimate of drug-likeness (QED) is 0.508. The molecular weight excluding hydrogens is 386 g/mol. The Morgan fingerprint density at radius 3 is 2.68 bits per heavy atom. The molecule has 1 N–H and O–H groups in total. The van der Waals surface area contributed by atoms with Crippen molar-refractivity contribution in [3.63, 3.8) is 0 Å². The highest BCUT2D eigenvalue weighted by molar-refractivity contribution is 7.91. The van der Waals surface area contributed by atoms with Gasteiger partial charge < -0.3 is 19.5 Å². The maximum Gasteiger partial charge on any atom is 0.331 e. The van der Waals surface area contributed by atoms with Gasteiger partial charge in [0.05, 0.1) is 25.2 Å². The maximum absolute atomic E-state index is 12.1. The molecule has 9 heteroatoms. The Morgan fingerprint density at radius 2 is 2.07 bits per heavy atom. The average Bonchev–Trinajstić information content (AvgIpc) is 2.99. The molecule has 2 atom stereocenters. The molecule has 1 heterocycles. The van der Waals surface area contributed by atoms with Crippen LogP contribution < -0.4 is 14.8 Å². The van der Waals surface area contributed by atoms with E-state index in [1.165, 1.54) is 26.2 Å². The van der Waals surface area contributed by atoms with E-state index in [1.54, 1.807) is 18.2 Å². The molecule has 0 saturated carbocycles. The van der Waals surface area contributed by atoms with Gasteiger partial charge in [0.1, 0.15) is 0 Å². The van der Waals surface area contributed by atoms with E-state index in [2.05, 4.69) is 5.32 Å². The molecule has 0 aliphatic carbocycles. The van der Waals surface area contributed by atoms with Gasteiger partial charge in [0.2, 0.25) is 0 Å². The first-order chi connectivity index (χ1) is 13.2. The smallest absolute Gasteiger partial charge is 0.331 e. The monoisotopic (exact) mass is 411 g/mol. The van der Waals surface area contributed by atoms with E-state index in [0.29, 0.717) is 30.1 Å². The van der Waals surface area contributed by atoms with Crippen molar-refractivity contribution in [3.05, 3.63) is 29.8 Å². The van der Waals surface area contributed by atoms with E-state index >= 15 is 0 Å². The first-order valence-electron chi connectivity index (χ1n) is 8.94. The first kappa shape index (κ1) is 21.7. The van der Waals surface area contributed by atoms with Crippen LogP contribution in [-0.4, -0.2) is 57.7 Å². The van der Waals surface area contributed by atoms with Crippen LogP contribution >= 0.6 is 0 Å². The third-order valence-electron chi connectivity index (χ3n) is 4.14. The predicted molar refractivity (Wildman–Crippen MR) is 104 cm³/mol. The van der Waals surface area contributed by atoms with E-state index < -0.39 is 33.9 Å². The zero-order valence-electron chi connectivity index (χ0n) is 16.1. The number of amides is 1. The summed E-state index contributed by atoms with van der Waals surface area (Å²) in [4.78, 5) is 24.0. The third kappa shape index (κ3) is 6.26. The fraction of sp³-hybridized carbons (Fsp3) is 0.474. The van der Waals surface area contributed by atoms with Crippen molar-refractivity contribution in [2.75, 3.05) is 25.2 Å². The molecule has 1 aromatic rings. The first-order valence-corrected chi connectivity index (χ1v) is 10.8. The summed E-state index contributed by atoms with van der Waals surface area (Å²) in [5.74, 6) is -0.0964. The van der Waals surface area contributed by atoms with E-state index in [-0.39, 0.29) is 11.5 Å². The Bertz CT molecular complexity index is 848. The summed E-state index contributed by atoms with van der Waals surface area (Å²) in [6.45, 7) is 3.81. The van der Waals surface area contributed by atoms with Crippen LogP contribution in [0.15, 0.2) is 24.3 Å². The second-order valence-corrected chi connectivity index (χ2v) is 8.59. The zero-order valence-corrected chi connectivity index (χ0v) is 17.0. The molecule has 2 rings (SSSR count). The van der Waals surface area contributed by atoms with Crippen molar-refractivity contribution in [2.24, 2.45) is 0 Å². The Balaban J connectivity index is 1.89. The second-order valence-electron chi connectivity index (χ2n) is 6.36. The summed E-state index contributed by atoms with van der Waals surface area (Å²) in [6, 6.07) is 4.77. The number of esters is 1. The lowest BCUT2D eigenvalue weighted by atomic mass is 10.2. The molecule has 154 valence electrons. The molecule has 1 fully saturated rings. The lowest BCUT2D eigenvalue weighted by molar-refractivity contribution is -0.150. The number of hydrogen-bond acceptors (Lipinski definition) is 7. The van der Waals surface area contributed by atoms with Crippen LogP contribution in [0.3, 0.4) is 0 Å². The van der Waals surface area contributed by atoms with Crippen LogP contribution in [0.25, 0.3) is 6.08 Å². The Hall–Kier alpha value is -2.55. The highest BCUT2D eigenvalue weighted by Gasteiger charge is 2.30. The van der Waals surface area contributed by atoms with Crippen molar-refractivity contribution in [3.8, 4) is 11.5 Å². The standard InChI is InChI=1S/C19H25NO7S/c1-4-26-16-7-5-14(11-17(16)25-3)6-8-18(21)27-13(2)19(22)20-15-9-10-28(23,24)12-15/h5-8,11,13,15H,4,9-10,12H2,1-3H3,(H,20,22)/b8-6+/t13-,15+/m1/s1. The van der Waals surface area contributed by atoms with Crippen LogP contribution in [0.2, 0.25) is 0 Å². The molecule has 0 unspecified atom stereocenters. The number of benzene rings is 1. The van der Waals surface area contributed by atoms with Crippen LogP contribution in [0.5, 0.6) is 11.5 Å². The minimum Gasteiger partial charge on any atom is -0.493 e. The Morgan fingerprint density at radius 1 is 1.32 bits per heavy atom. The molecule has 8 nitrogen and oxygen atoms in total.